The summed E-state index contributed by atoms with van der Waals surface area (Å²) in [5.41, 5.74) is -1.19. The summed E-state index contributed by atoms with van der Waals surface area (Å²) in [5.74, 6) is -0.324. The van der Waals surface area contributed by atoms with Gasteiger partial charge in [0.05, 0.1) is 0 Å². The van der Waals surface area contributed by atoms with Crippen molar-refractivity contribution in [3.8, 4) is 0 Å². The zero-order valence-electron chi connectivity index (χ0n) is 10.9. The van der Waals surface area contributed by atoms with Gasteiger partial charge in [-0.3, -0.25) is 14.6 Å². The standard InChI is InChI=1S/C12H18N4O3/c1-16(8-3-2-5-13-6-4-8)11(18)9-7-10(17)15-12(19)14-9/h7-8,13H,2-6H2,1H3,(H2,14,15,17,19). The number of nitrogens with one attached hydrogen (secondary N) is 3. The first-order chi connectivity index (χ1) is 9.08. The lowest BCUT2D eigenvalue weighted by molar-refractivity contribution is 0.0713. The van der Waals surface area contributed by atoms with E-state index in [0.29, 0.717) is 0 Å². The Balaban J connectivity index is 2.17. The Bertz CT molecular complexity index is 526. The number of H-pyrrole nitrogens is 2. The molecule has 1 fully saturated rings. The summed E-state index contributed by atoms with van der Waals surface area (Å²) in [6, 6.07) is 1.25. The molecular weight excluding hydrogens is 248 g/mol. The first-order valence-electron chi connectivity index (χ1n) is 6.39. The fourth-order valence-electron chi connectivity index (χ4n) is 2.33. The molecule has 0 spiro atoms. The lowest BCUT2D eigenvalue weighted by Crippen LogP contribution is -2.39. The Morgan fingerprint density at radius 3 is 2.79 bits per heavy atom. The second-order valence-corrected chi connectivity index (χ2v) is 4.75. The number of amides is 1. The second kappa shape index (κ2) is 5.83. The van der Waals surface area contributed by atoms with Gasteiger partial charge < -0.3 is 15.2 Å². The monoisotopic (exact) mass is 266 g/mol. The molecule has 7 nitrogen and oxygen atoms in total. The van der Waals surface area contributed by atoms with Gasteiger partial charge in [-0.2, -0.15) is 0 Å². The quantitative estimate of drug-likeness (QED) is 0.658. The second-order valence-electron chi connectivity index (χ2n) is 4.75. The minimum Gasteiger partial charge on any atom is -0.337 e. The third-order valence-electron chi connectivity index (χ3n) is 3.40. The van der Waals surface area contributed by atoms with Crippen molar-refractivity contribution in [2.24, 2.45) is 0 Å². The molecule has 0 radical (unpaired) electrons. The first kappa shape index (κ1) is 13.5. The minimum atomic E-state index is -0.660. The number of carbonyl (C=O) groups excluding carboxylic acids is 1. The molecule has 0 bridgehead atoms. The van der Waals surface area contributed by atoms with E-state index in [0.717, 1.165) is 38.4 Å². The van der Waals surface area contributed by atoms with Crippen molar-refractivity contribution in [2.45, 2.75) is 25.3 Å². The maximum atomic E-state index is 12.2. The lowest BCUT2D eigenvalue weighted by atomic mass is 10.1. The molecule has 0 saturated carbocycles. The molecule has 1 aliphatic heterocycles. The van der Waals surface area contributed by atoms with Crippen molar-refractivity contribution in [1.29, 1.82) is 0 Å². The van der Waals surface area contributed by atoms with Crippen molar-refractivity contribution in [3.05, 3.63) is 32.6 Å². The molecule has 1 aromatic rings. The average Bonchev–Trinajstić information content (AvgIpc) is 2.64. The van der Waals surface area contributed by atoms with Crippen LogP contribution < -0.4 is 16.6 Å². The molecule has 1 aromatic heterocycles. The van der Waals surface area contributed by atoms with Crippen molar-refractivity contribution < 1.29 is 4.79 Å². The third-order valence-corrected chi connectivity index (χ3v) is 3.40. The molecular formula is C12H18N4O3. The van der Waals surface area contributed by atoms with Crippen LogP contribution in [0.3, 0.4) is 0 Å². The molecule has 2 heterocycles. The number of hydrogen-bond acceptors (Lipinski definition) is 4. The zero-order valence-corrected chi connectivity index (χ0v) is 10.9. The summed E-state index contributed by atoms with van der Waals surface area (Å²) in [6.07, 6.45) is 2.80. The summed E-state index contributed by atoms with van der Waals surface area (Å²) in [6.45, 7) is 1.83. The number of aromatic amines is 2. The summed E-state index contributed by atoms with van der Waals surface area (Å²) in [5, 5.41) is 3.28. The van der Waals surface area contributed by atoms with Crippen LogP contribution in [0.25, 0.3) is 0 Å². The lowest BCUT2D eigenvalue weighted by Gasteiger charge is -2.26. The van der Waals surface area contributed by atoms with Crippen LogP contribution in [0.2, 0.25) is 0 Å². The highest BCUT2D eigenvalue weighted by Gasteiger charge is 2.22. The molecule has 3 N–H and O–H groups in total. The summed E-state index contributed by atoms with van der Waals surface area (Å²) >= 11 is 0. The van der Waals surface area contributed by atoms with Crippen LogP contribution in [0.4, 0.5) is 0 Å². The van der Waals surface area contributed by atoms with Crippen molar-refractivity contribution in [1.82, 2.24) is 20.2 Å². The number of aromatic nitrogens is 2. The molecule has 104 valence electrons. The van der Waals surface area contributed by atoms with Crippen LogP contribution in [0.1, 0.15) is 29.8 Å². The Hall–Kier alpha value is -1.89. The van der Waals surface area contributed by atoms with Gasteiger partial charge in [-0.05, 0) is 32.4 Å². The molecule has 1 amide bonds. The van der Waals surface area contributed by atoms with E-state index in [1.165, 1.54) is 0 Å². The first-order valence-corrected chi connectivity index (χ1v) is 6.39. The van der Waals surface area contributed by atoms with Crippen LogP contribution >= 0.6 is 0 Å². The Kier molecular flexibility index (Phi) is 4.16. The van der Waals surface area contributed by atoms with Crippen LogP contribution in [-0.2, 0) is 0 Å². The van der Waals surface area contributed by atoms with Crippen LogP contribution in [0.5, 0.6) is 0 Å². The molecule has 1 atom stereocenters. The van der Waals surface area contributed by atoms with E-state index in [1.54, 1.807) is 11.9 Å². The van der Waals surface area contributed by atoms with Crippen molar-refractivity contribution in [3.63, 3.8) is 0 Å². The van der Waals surface area contributed by atoms with E-state index in [1.807, 2.05) is 4.98 Å². The van der Waals surface area contributed by atoms with E-state index in [4.69, 9.17) is 0 Å². The van der Waals surface area contributed by atoms with E-state index in [-0.39, 0.29) is 17.6 Å². The van der Waals surface area contributed by atoms with Gasteiger partial charge >= 0.3 is 5.69 Å². The SMILES string of the molecule is CN(C(=O)c1cc(=O)[nH]c(=O)[nH]1)C1CCCNCC1. The van der Waals surface area contributed by atoms with Crippen molar-refractivity contribution >= 4 is 5.91 Å². The highest BCUT2D eigenvalue weighted by Crippen LogP contribution is 2.13. The van der Waals surface area contributed by atoms with Gasteiger partial charge in [-0.1, -0.05) is 0 Å². The maximum Gasteiger partial charge on any atom is 0.326 e. The summed E-state index contributed by atoms with van der Waals surface area (Å²) in [7, 11) is 1.71. The predicted molar refractivity (Wildman–Crippen MR) is 70.3 cm³/mol. The van der Waals surface area contributed by atoms with E-state index in [9.17, 15) is 14.4 Å². The molecule has 1 aliphatic rings. The van der Waals surface area contributed by atoms with Gasteiger partial charge in [0.25, 0.3) is 11.5 Å². The van der Waals surface area contributed by atoms with E-state index in [2.05, 4.69) is 10.3 Å². The topological polar surface area (TPSA) is 98.1 Å². The van der Waals surface area contributed by atoms with Crippen molar-refractivity contribution in [2.75, 3.05) is 20.1 Å². The van der Waals surface area contributed by atoms with Crippen LogP contribution in [0, 0.1) is 0 Å². The molecule has 1 unspecified atom stereocenters. The van der Waals surface area contributed by atoms with Crippen LogP contribution in [-0.4, -0.2) is 47.0 Å². The van der Waals surface area contributed by atoms with Gasteiger partial charge in [0.1, 0.15) is 5.69 Å². The number of hydrogen-bond donors (Lipinski definition) is 3. The normalized spacial score (nSPS) is 19.7. The molecule has 0 aliphatic carbocycles. The van der Waals surface area contributed by atoms with E-state index < -0.39 is 11.2 Å². The summed E-state index contributed by atoms with van der Waals surface area (Å²) < 4.78 is 0. The maximum absolute atomic E-state index is 12.2. The summed E-state index contributed by atoms with van der Waals surface area (Å²) in [4.78, 5) is 40.7. The smallest absolute Gasteiger partial charge is 0.326 e. The average molecular weight is 266 g/mol. The molecule has 1 saturated heterocycles. The highest BCUT2D eigenvalue weighted by molar-refractivity contribution is 5.92. The molecule has 2 rings (SSSR count). The van der Waals surface area contributed by atoms with Gasteiger partial charge in [-0.25, -0.2) is 4.79 Å². The fourth-order valence-corrected chi connectivity index (χ4v) is 2.33. The number of carbonyl (C=O) groups is 1. The molecule has 7 heteroatoms. The number of rotatable bonds is 2. The largest absolute Gasteiger partial charge is 0.337 e. The predicted octanol–water partition coefficient (Wildman–Crippen LogP) is -0.723. The van der Waals surface area contributed by atoms with Gasteiger partial charge in [0.15, 0.2) is 0 Å². The number of nitrogens with zero attached hydrogens (tertiary/aromatic N) is 1. The highest BCUT2D eigenvalue weighted by atomic mass is 16.2. The third kappa shape index (κ3) is 3.31. The Labute approximate surface area is 110 Å². The molecule has 0 aromatic carbocycles. The minimum absolute atomic E-state index is 0.0356. The van der Waals surface area contributed by atoms with Gasteiger partial charge in [0, 0.05) is 19.2 Å². The fraction of sp³-hybridized carbons (Fsp3) is 0.583. The van der Waals surface area contributed by atoms with Crippen LogP contribution in [0.15, 0.2) is 15.7 Å². The Morgan fingerprint density at radius 2 is 2.05 bits per heavy atom. The molecule has 19 heavy (non-hydrogen) atoms. The van der Waals surface area contributed by atoms with Gasteiger partial charge in [-0.15, -0.1) is 0 Å². The van der Waals surface area contributed by atoms with E-state index >= 15 is 0 Å². The Morgan fingerprint density at radius 1 is 1.26 bits per heavy atom. The van der Waals surface area contributed by atoms with Gasteiger partial charge in [0.2, 0.25) is 0 Å². The zero-order chi connectivity index (χ0) is 13.8.